The van der Waals surface area contributed by atoms with Gasteiger partial charge in [-0.15, -0.1) is 0 Å². The van der Waals surface area contributed by atoms with E-state index in [-0.39, 0.29) is 0 Å². The molecule has 3 nitrogen and oxygen atoms in total. The van der Waals surface area contributed by atoms with Crippen LogP contribution in [0.2, 0.25) is 5.15 Å². The summed E-state index contributed by atoms with van der Waals surface area (Å²) in [4.78, 5) is 8.05. The molecule has 0 fully saturated rings. The molecular formula is C6H2Br2ClN3. The monoisotopic (exact) mass is 309 g/mol. The van der Waals surface area contributed by atoms with E-state index in [1.54, 1.807) is 16.8 Å². The first-order valence-corrected chi connectivity index (χ1v) is 4.99. The highest BCUT2D eigenvalue weighted by molar-refractivity contribution is 9.10. The molecule has 12 heavy (non-hydrogen) atoms. The number of hydrogen-bond donors (Lipinski definition) is 0. The van der Waals surface area contributed by atoms with Crippen molar-refractivity contribution in [3.05, 3.63) is 26.8 Å². The second kappa shape index (κ2) is 2.97. The van der Waals surface area contributed by atoms with Gasteiger partial charge in [0.2, 0.25) is 0 Å². The molecule has 2 rings (SSSR count). The van der Waals surface area contributed by atoms with Gasteiger partial charge in [-0.3, -0.25) is 4.40 Å². The van der Waals surface area contributed by atoms with Crippen LogP contribution in [0.15, 0.2) is 21.6 Å². The smallest absolute Gasteiger partial charge is 0.175 e. The van der Waals surface area contributed by atoms with Crippen molar-refractivity contribution in [3.8, 4) is 0 Å². The molecule has 62 valence electrons. The number of fused-ring (bicyclic) bond motifs is 1. The molecule has 2 heterocycles. The standard InChI is InChI=1S/C6H2Br2ClN3/c7-3-2-12-4(8)1-10-6(12)5(9)11-3/h1-2H. The molecule has 0 aliphatic heterocycles. The van der Waals surface area contributed by atoms with E-state index >= 15 is 0 Å². The van der Waals surface area contributed by atoms with Gasteiger partial charge >= 0.3 is 0 Å². The van der Waals surface area contributed by atoms with Crippen LogP contribution in [-0.2, 0) is 0 Å². The minimum absolute atomic E-state index is 0.384. The molecule has 0 saturated heterocycles. The first-order valence-electron chi connectivity index (χ1n) is 3.03. The summed E-state index contributed by atoms with van der Waals surface area (Å²) in [6.45, 7) is 0. The number of imidazole rings is 1. The maximum Gasteiger partial charge on any atom is 0.175 e. The quantitative estimate of drug-likeness (QED) is 0.749. The Morgan fingerprint density at radius 1 is 1.42 bits per heavy atom. The topological polar surface area (TPSA) is 30.2 Å². The zero-order chi connectivity index (χ0) is 8.72. The number of rotatable bonds is 0. The van der Waals surface area contributed by atoms with E-state index in [4.69, 9.17) is 11.6 Å². The molecule has 0 aliphatic carbocycles. The Labute approximate surface area is 90.0 Å². The highest BCUT2D eigenvalue weighted by atomic mass is 79.9. The van der Waals surface area contributed by atoms with E-state index in [9.17, 15) is 0 Å². The molecule has 0 amide bonds. The highest BCUT2D eigenvalue weighted by Crippen LogP contribution is 2.21. The third-order valence-corrected chi connectivity index (χ3v) is 2.60. The van der Waals surface area contributed by atoms with Gasteiger partial charge in [-0.05, 0) is 31.9 Å². The number of nitrogens with zero attached hydrogens (tertiary/aromatic N) is 3. The maximum atomic E-state index is 5.83. The van der Waals surface area contributed by atoms with Crippen LogP contribution in [0.25, 0.3) is 5.65 Å². The van der Waals surface area contributed by atoms with E-state index in [2.05, 4.69) is 41.8 Å². The zero-order valence-corrected chi connectivity index (χ0v) is 9.56. The molecular weight excluding hydrogens is 309 g/mol. The van der Waals surface area contributed by atoms with Crippen molar-refractivity contribution in [1.29, 1.82) is 0 Å². The van der Waals surface area contributed by atoms with E-state index in [1.165, 1.54) is 0 Å². The summed E-state index contributed by atoms with van der Waals surface area (Å²) in [6, 6.07) is 0. The van der Waals surface area contributed by atoms with Gasteiger partial charge in [0.25, 0.3) is 0 Å². The summed E-state index contributed by atoms with van der Waals surface area (Å²) >= 11 is 12.4. The lowest BCUT2D eigenvalue weighted by Crippen LogP contribution is -1.89. The van der Waals surface area contributed by atoms with Crippen molar-refractivity contribution in [2.45, 2.75) is 0 Å². The van der Waals surface area contributed by atoms with E-state index < -0.39 is 0 Å². The molecule has 0 atom stereocenters. The Balaban J connectivity index is 2.92. The van der Waals surface area contributed by atoms with Crippen molar-refractivity contribution >= 4 is 49.1 Å². The normalized spacial score (nSPS) is 10.9. The summed E-state index contributed by atoms with van der Waals surface area (Å²) in [7, 11) is 0. The lowest BCUT2D eigenvalue weighted by atomic mass is 10.7. The third-order valence-electron chi connectivity index (χ3n) is 1.38. The van der Waals surface area contributed by atoms with E-state index in [0.29, 0.717) is 15.4 Å². The Morgan fingerprint density at radius 2 is 2.17 bits per heavy atom. The van der Waals surface area contributed by atoms with Crippen LogP contribution in [0.4, 0.5) is 0 Å². The summed E-state index contributed by atoms with van der Waals surface area (Å²) < 4.78 is 3.33. The number of aromatic nitrogens is 3. The fourth-order valence-electron chi connectivity index (χ4n) is 0.895. The van der Waals surface area contributed by atoms with Crippen LogP contribution >= 0.6 is 43.5 Å². The molecule has 0 aromatic carbocycles. The van der Waals surface area contributed by atoms with Crippen LogP contribution in [-0.4, -0.2) is 14.4 Å². The molecule has 0 saturated carbocycles. The van der Waals surface area contributed by atoms with Gasteiger partial charge < -0.3 is 0 Å². The lowest BCUT2D eigenvalue weighted by Gasteiger charge is -1.97. The number of halogens is 3. The molecule has 0 bridgehead atoms. The number of hydrogen-bond acceptors (Lipinski definition) is 2. The average Bonchev–Trinajstić information content (AvgIpc) is 2.33. The van der Waals surface area contributed by atoms with Gasteiger partial charge in [-0.2, -0.15) is 0 Å². The molecule has 0 aliphatic rings. The minimum atomic E-state index is 0.384. The molecule has 0 radical (unpaired) electrons. The minimum Gasteiger partial charge on any atom is -0.289 e. The van der Waals surface area contributed by atoms with Gasteiger partial charge in [-0.25, -0.2) is 9.97 Å². The van der Waals surface area contributed by atoms with Crippen molar-refractivity contribution in [2.75, 3.05) is 0 Å². The van der Waals surface area contributed by atoms with Gasteiger partial charge in [0.1, 0.15) is 9.21 Å². The first-order chi connectivity index (χ1) is 5.68. The average molecular weight is 311 g/mol. The highest BCUT2D eigenvalue weighted by Gasteiger charge is 2.06. The predicted molar refractivity (Wildman–Crippen MR) is 53.4 cm³/mol. The van der Waals surface area contributed by atoms with Gasteiger partial charge in [-0.1, -0.05) is 11.6 Å². The summed E-state index contributed by atoms with van der Waals surface area (Å²) in [6.07, 6.45) is 3.47. The molecule has 0 spiro atoms. The summed E-state index contributed by atoms with van der Waals surface area (Å²) in [5.74, 6) is 0. The van der Waals surface area contributed by atoms with Crippen molar-refractivity contribution in [1.82, 2.24) is 14.4 Å². The lowest BCUT2D eigenvalue weighted by molar-refractivity contribution is 1.08. The second-order valence-electron chi connectivity index (χ2n) is 2.13. The fourth-order valence-corrected chi connectivity index (χ4v) is 1.98. The van der Waals surface area contributed by atoms with Crippen LogP contribution in [0.1, 0.15) is 0 Å². The SMILES string of the molecule is Clc1nc(Br)cn2c(Br)cnc12. The van der Waals surface area contributed by atoms with Gasteiger partial charge in [0.15, 0.2) is 10.8 Å². The predicted octanol–water partition coefficient (Wildman–Crippen LogP) is 2.91. The third kappa shape index (κ3) is 1.26. The zero-order valence-electron chi connectivity index (χ0n) is 5.63. The molecule has 6 heteroatoms. The fraction of sp³-hybridized carbons (Fsp3) is 0. The van der Waals surface area contributed by atoms with Crippen LogP contribution in [0.3, 0.4) is 0 Å². The van der Waals surface area contributed by atoms with E-state index in [0.717, 1.165) is 4.60 Å². The molecule has 2 aromatic heterocycles. The van der Waals surface area contributed by atoms with Crippen LogP contribution in [0.5, 0.6) is 0 Å². The first kappa shape index (κ1) is 8.47. The van der Waals surface area contributed by atoms with Crippen LogP contribution in [0, 0.1) is 0 Å². The molecule has 0 N–H and O–H groups in total. The van der Waals surface area contributed by atoms with Gasteiger partial charge in [0, 0.05) is 6.20 Å². The Bertz CT molecular complexity index is 440. The van der Waals surface area contributed by atoms with Crippen molar-refractivity contribution in [3.63, 3.8) is 0 Å². The Hall–Kier alpha value is -0.130. The van der Waals surface area contributed by atoms with Crippen LogP contribution < -0.4 is 0 Å². The van der Waals surface area contributed by atoms with Crippen molar-refractivity contribution in [2.24, 2.45) is 0 Å². The second-order valence-corrected chi connectivity index (χ2v) is 4.11. The Kier molecular flexibility index (Phi) is 2.10. The maximum absolute atomic E-state index is 5.83. The summed E-state index contributed by atoms with van der Waals surface area (Å²) in [5, 5.41) is 0.384. The molecule has 2 aromatic rings. The largest absolute Gasteiger partial charge is 0.289 e. The Morgan fingerprint density at radius 3 is 2.92 bits per heavy atom. The van der Waals surface area contributed by atoms with Crippen molar-refractivity contribution < 1.29 is 0 Å². The van der Waals surface area contributed by atoms with E-state index in [1.807, 2.05) is 0 Å². The summed E-state index contributed by atoms with van der Waals surface area (Å²) in [5.41, 5.74) is 0.645. The van der Waals surface area contributed by atoms with Gasteiger partial charge in [0.05, 0.1) is 6.20 Å². The molecule has 0 unspecified atom stereocenters.